The number of amides is 1. The molecule has 0 radical (unpaired) electrons. The van der Waals surface area contributed by atoms with Crippen LogP contribution in [0.4, 0.5) is 24.8 Å². The predicted octanol–water partition coefficient (Wildman–Crippen LogP) is 4.07. The number of aliphatic hydroxyl groups is 1. The Bertz CT molecular complexity index is 1220. The lowest BCUT2D eigenvalue weighted by molar-refractivity contribution is -0.178. The quantitative estimate of drug-likeness (QED) is 0.394. The van der Waals surface area contributed by atoms with Gasteiger partial charge in [-0.05, 0) is 49.6 Å². The van der Waals surface area contributed by atoms with Crippen LogP contribution in [0.3, 0.4) is 0 Å². The van der Waals surface area contributed by atoms with Crippen LogP contribution in [0.15, 0.2) is 36.7 Å². The number of ether oxygens (including phenoxy) is 1. The Hall–Kier alpha value is -3.09. The van der Waals surface area contributed by atoms with Crippen molar-refractivity contribution < 1.29 is 27.8 Å². The number of rotatable bonds is 8. The van der Waals surface area contributed by atoms with Gasteiger partial charge in [0.25, 0.3) is 0 Å². The van der Waals surface area contributed by atoms with Gasteiger partial charge in [0.05, 0.1) is 9.88 Å². The smallest absolute Gasteiger partial charge is 0.367 e. The molecule has 2 aromatic heterocycles. The molecule has 3 heterocycles. The van der Waals surface area contributed by atoms with Crippen molar-refractivity contribution in [3.8, 4) is 10.4 Å². The molecule has 0 spiro atoms. The standard InChI is InChI=1S/C23H24F3N5O3S/c1-3-34-20(33)22(5-7-27-19(22)32)11-18-29-12-16(35-18)14-8-13(2)9-15(10-14)30-21-28-6-4-17(31-21)23(24,25)26/h4,6,8-10,12,20,33H,3,5,7,11H2,1-2H3,(H,27,32)(H,28,30,31). The van der Waals surface area contributed by atoms with Crippen molar-refractivity contribution in [1.29, 1.82) is 0 Å². The zero-order valence-electron chi connectivity index (χ0n) is 19.0. The van der Waals surface area contributed by atoms with Crippen molar-refractivity contribution in [2.24, 2.45) is 5.41 Å². The van der Waals surface area contributed by atoms with Gasteiger partial charge in [-0.3, -0.25) is 4.79 Å². The van der Waals surface area contributed by atoms with E-state index in [4.69, 9.17) is 4.74 Å². The zero-order chi connectivity index (χ0) is 25.2. The van der Waals surface area contributed by atoms with Crippen molar-refractivity contribution in [2.45, 2.75) is 39.2 Å². The molecule has 2 atom stereocenters. The molecular weight excluding hydrogens is 483 g/mol. The van der Waals surface area contributed by atoms with Gasteiger partial charge in [-0.25, -0.2) is 15.0 Å². The number of thiazole rings is 1. The summed E-state index contributed by atoms with van der Waals surface area (Å²) in [6, 6.07) is 6.26. The van der Waals surface area contributed by atoms with E-state index in [1.807, 2.05) is 13.0 Å². The van der Waals surface area contributed by atoms with Crippen molar-refractivity contribution in [3.05, 3.63) is 52.9 Å². The number of alkyl halides is 3. The van der Waals surface area contributed by atoms with Crippen LogP contribution in [-0.2, 0) is 22.1 Å². The number of aryl methyl sites for hydroxylation is 1. The van der Waals surface area contributed by atoms with Crippen LogP contribution in [0.1, 0.15) is 29.6 Å². The van der Waals surface area contributed by atoms with E-state index in [2.05, 4.69) is 25.6 Å². The first kappa shape index (κ1) is 25.0. The molecule has 1 aromatic carbocycles. The third kappa shape index (κ3) is 5.44. The first-order valence-corrected chi connectivity index (χ1v) is 11.7. The molecular formula is C23H24F3N5O3S. The van der Waals surface area contributed by atoms with E-state index in [1.54, 1.807) is 25.3 Å². The topological polar surface area (TPSA) is 109 Å². The van der Waals surface area contributed by atoms with Crippen molar-refractivity contribution in [2.75, 3.05) is 18.5 Å². The van der Waals surface area contributed by atoms with Crippen LogP contribution in [0, 0.1) is 12.3 Å². The van der Waals surface area contributed by atoms with Gasteiger partial charge in [-0.2, -0.15) is 13.2 Å². The third-order valence-electron chi connectivity index (χ3n) is 5.69. The summed E-state index contributed by atoms with van der Waals surface area (Å²) in [5.41, 5.74) is 0.0382. The third-order valence-corrected chi connectivity index (χ3v) is 6.74. The Balaban J connectivity index is 1.57. The van der Waals surface area contributed by atoms with Crippen molar-refractivity contribution in [3.63, 3.8) is 0 Å². The number of nitrogens with zero attached hydrogens (tertiary/aromatic N) is 3. The minimum Gasteiger partial charge on any atom is -0.367 e. The van der Waals surface area contributed by atoms with Gasteiger partial charge in [-0.1, -0.05) is 6.07 Å². The molecule has 8 nitrogen and oxygen atoms in total. The average molecular weight is 508 g/mol. The van der Waals surface area contributed by atoms with Crippen LogP contribution in [0.5, 0.6) is 0 Å². The highest BCUT2D eigenvalue weighted by atomic mass is 32.1. The van der Waals surface area contributed by atoms with E-state index in [0.717, 1.165) is 28.3 Å². The van der Waals surface area contributed by atoms with E-state index in [9.17, 15) is 23.1 Å². The Morgan fingerprint density at radius 3 is 2.80 bits per heavy atom. The Labute approximate surface area is 203 Å². The fourth-order valence-corrected chi connectivity index (χ4v) is 5.03. The molecule has 3 N–H and O–H groups in total. The average Bonchev–Trinajstić information content (AvgIpc) is 3.41. The van der Waals surface area contributed by atoms with Crippen LogP contribution in [0.25, 0.3) is 10.4 Å². The Kier molecular flexibility index (Phi) is 7.06. The molecule has 1 amide bonds. The largest absolute Gasteiger partial charge is 0.433 e. The number of aliphatic hydroxyl groups excluding tert-OH is 1. The molecule has 0 aliphatic carbocycles. The van der Waals surface area contributed by atoms with Gasteiger partial charge in [0, 0.05) is 37.7 Å². The lowest BCUT2D eigenvalue weighted by Gasteiger charge is -2.30. The first-order valence-electron chi connectivity index (χ1n) is 10.9. The van der Waals surface area contributed by atoms with E-state index < -0.39 is 23.6 Å². The maximum absolute atomic E-state index is 13.0. The highest BCUT2D eigenvalue weighted by Crippen LogP contribution is 2.38. The predicted molar refractivity (Wildman–Crippen MR) is 124 cm³/mol. The first-order chi connectivity index (χ1) is 16.6. The lowest BCUT2D eigenvalue weighted by atomic mass is 9.82. The summed E-state index contributed by atoms with van der Waals surface area (Å²) >= 11 is 1.37. The number of halogens is 3. The summed E-state index contributed by atoms with van der Waals surface area (Å²) in [6.45, 7) is 4.33. The molecule has 0 saturated carbocycles. The highest BCUT2D eigenvalue weighted by Gasteiger charge is 2.49. The van der Waals surface area contributed by atoms with Crippen LogP contribution < -0.4 is 10.6 Å². The SMILES string of the molecule is CCOC(O)C1(Cc2ncc(-c3cc(C)cc(Nc4nccc(C(F)(F)F)n4)c3)s2)CCNC1=O. The van der Waals surface area contributed by atoms with Gasteiger partial charge < -0.3 is 20.5 Å². The van der Waals surface area contributed by atoms with Crippen LogP contribution in [0.2, 0.25) is 0 Å². The van der Waals surface area contributed by atoms with E-state index in [1.165, 1.54) is 11.3 Å². The lowest BCUT2D eigenvalue weighted by Crippen LogP contribution is -2.45. The molecule has 35 heavy (non-hydrogen) atoms. The minimum atomic E-state index is -4.57. The number of carbonyl (C=O) groups excluding carboxylic acids is 1. The molecule has 4 rings (SSSR count). The maximum Gasteiger partial charge on any atom is 0.433 e. The zero-order valence-corrected chi connectivity index (χ0v) is 19.8. The van der Waals surface area contributed by atoms with Gasteiger partial charge in [0.2, 0.25) is 11.9 Å². The molecule has 2 unspecified atom stereocenters. The van der Waals surface area contributed by atoms with E-state index in [-0.39, 0.29) is 24.9 Å². The molecule has 1 aliphatic rings. The summed E-state index contributed by atoms with van der Waals surface area (Å²) in [4.78, 5) is 25.3. The molecule has 1 aliphatic heterocycles. The molecule has 186 valence electrons. The number of hydrogen-bond donors (Lipinski definition) is 3. The maximum atomic E-state index is 13.0. The highest BCUT2D eigenvalue weighted by molar-refractivity contribution is 7.15. The monoisotopic (exact) mass is 507 g/mol. The summed E-state index contributed by atoms with van der Waals surface area (Å²) in [5.74, 6) is -0.432. The minimum absolute atomic E-state index is 0.166. The molecule has 1 fully saturated rings. The molecule has 1 saturated heterocycles. The normalized spacial score (nSPS) is 19.0. The number of benzene rings is 1. The van der Waals surface area contributed by atoms with Gasteiger partial charge in [0.1, 0.15) is 11.1 Å². The van der Waals surface area contributed by atoms with Gasteiger partial charge >= 0.3 is 6.18 Å². The number of aromatic nitrogens is 3. The Morgan fingerprint density at radius 2 is 2.11 bits per heavy atom. The van der Waals surface area contributed by atoms with Gasteiger partial charge in [0.15, 0.2) is 6.29 Å². The summed E-state index contributed by atoms with van der Waals surface area (Å²) in [7, 11) is 0. The fraction of sp³-hybridized carbons (Fsp3) is 0.391. The summed E-state index contributed by atoms with van der Waals surface area (Å²) in [6.07, 6.45) is -2.44. The number of carbonyl (C=O) groups is 1. The summed E-state index contributed by atoms with van der Waals surface area (Å²) in [5, 5.41) is 16.8. The van der Waals surface area contributed by atoms with Crippen molar-refractivity contribution >= 4 is 28.9 Å². The van der Waals surface area contributed by atoms with Crippen LogP contribution in [-0.4, -0.2) is 45.4 Å². The van der Waals surface area contributed by atoms with Crippen molar-refractivity contribution in [1.82, 2.24) is 20.3 Å². The molecule has 12 heteroatoms. The number of nitrogens with one attached hydrogen (secondary N) is 2. The Morgan fingerprint density at radius 1 is 1.31 bits per heavy atom. The second-order valence-electron chi connectivity index (χ2n) is 8.24. The molecule has 0 bridgehead atoms. The van der Waals surface area contributed by atoms with E-state index in [0.29, 0.717) is 23.7 Å². The fourth-order valence-electron chi connectivity index (χ4n) is 4.00. The van der Waals surface area contributed by atoms with Gasteiger partial charge in [-0.15, -0.1) is 11.3 Å². The number of hydrogen-bond acceptors (Lipinski definition) is 8. The second-order valence-corrected chi connectivity index (χ2v) is 9.36. The summed E-state index contributed by atoms with van der Waals surface area (Å²) < 4.78 is 44.3. The van der Waals surface area contributed by atoms with Crippen LogP contribution >= 0.6 is 11.3 Å². The second kappa shape index (κ2) is 9.88. The number of anilines is 2. The van der Waals surface area contributed by atoms with E-state index >= 15 is 0 Å². The molecule has 3 aromatic rings.